The molecule has 0 bridgehead atoms. The maximum absolute atomic E-state index is 14.1. The number of aromatic nitrogens is 1. The third-order valence-corrected chi connectivity index (χ3v) is 59.0. The monoisotopic (exact) mass is 1410 g/mol. The van der Waals surface area contributed by atoms with Crippen molar-refractivity contribution in [2.24, 2.45) is 17.6 Å². The van der Waals surface area contributed by atoms with E-state index in [1.54, 1.807) is 42.8 Å². The fourth-order valence-electron chi connectivity index (χ4n) is 9.60. The molecular weight excluding hydrogens is 1340 g/mol. The molecule has 2 fully saturated rings. The van der Waals surface area contributed by atoms with Crippen LogP contribution in [-0.2, 0) is 36.3 Å². The lowest BCUT2D eigenvalue weighted by atomic mass is 10.00. The van der Waals surface area contributed by atoms with Crippen molar-refractivity contribution in [2.75, 3.05) is 40.0 Å². The van der Waals surface area contributed by atoms with Crippen molar-refractivity contribution in [2.45, 2.75) is 97.1 Å². The van der Waals surface area contributed by atoms with Gasteiger partial charge in [-0.1, -0.05) is 102 Å². The highest BCUT2D eigenvalue weighted by Crippen LogP contribution is 3.04. The first-order chi connectivity index (χ1) is 42.3. The number of pyridine rings is 1. The fraction of sp³-hybridized carbons (Fsp3) is 0.377. The zero-order valence-electron chi connectivity index (χ0n) is 49.5. The highest BCUT2D eigenvalue weighted by Gasteiger charge is 2.60. The van der Waals surface area contributed by atoms with E-state index in [2.05, 4.69) is 63.8 Å². The molecule has 488 valence electrons. The molecule has 90 heavy (non-hydrogen) atoms. The van der Waals surface area contributed by atoms with Gasteiger partial charge in [0.15, 0.2) is 23.0 Å². The lowest BCUT2D eigenvalue weighted by Crippen LogP contribution is -2.48. The molecule has 2 aromatic heterocycles. The van der Waals surface area contributed by atoms with Gasteiger partial charge in [0.1, 0.15) is 48.3 Å². The molecule has 4 aromatic carbocycles. The minimum absolute atomic E-state index is 0. The number of nitrogens with two attached hydrogens (primary N) is 1. The Labute approximate surface area is 538 Å². The fourth-order valence-corrected chi connectivity index (χ4v) is 70.7. The van der Waals surface area contributed by atoms with Gasteiger partial charge in [0.2, 0.25) is 16.6 Å². The van der Waals surface area contributed by atoms with Crippen LogP contribution in [0, 0.1) is 35.1 Å². The summed E-state index contributed by atoms with van der Waals surface area (Å²) in [6, 6.07) is 24.6. The Balaban J connectivity index is 0.000000250. The van der Waals surface area contributed by atoms with E-state index in [1.165, 1.54) is 23.2 Å². The third-order valence-electron chi connectivity index (χ3n) is 14.8. The largest absolute Gasteiger partial charge is 0.483 e. The van der Waals surface area contributed by atoms with Crippen molar-refractivity contribution in [1.29, 1.82) is 0 Å². The number of carbonyl (C=O) groups excluding carboxylic acids is 4. The summed E-state index contributed by atoms with van der Waals surface area (Å²) in [7, 11) is 17.3. The van der Waals surface area contributed by atoms with Gasteiger partial charge >= 0.3 is 5.97 Å². The van der Waals surface area contributed by atoms with Crippen LogP contribution >= 0.6 is 73.6 Å². The number of Topliss-reactive ketones (excluding diaryl/α,β-unsaturated/α-hetero) is 2. The van der Waals surface area contributed by atoms with E-state index in [0.717, 1.165) is 62.6 Å². The number of ketones is 2. The molecular formula is C61H79F4N4O12P9. The summed E-state index contributed by atoms with van der Waals surface area (Å²) in [6.45, 7) is 7.71. The van der Waals surface area contributed by atoms with E-state index in [1.807, 2.05) is 36.4 Å². The number of esters is 1. The third kappa shape index (κ3) is 20.8. The van der Waals surface area contributed by atoms with E-state index >= 15 is 0 Å². The zero-order chi connectivity index (χ0) is 65.3. The summed E-state index contributed by atoms with van der Waals surface area (Å²) in [5.41, 5.74) is 4.94. The van der Waals surface area contributed by atoms with Crippen LogP contribution in [0.25, 0.3) is 0 Å². The molecule has 3 heterocycles. The Morgan fingerprint density at radius 3 is 1.70 bits per heavy atom. The van der Waals surface area contributed by atoms with Crippen molar-refractivity contribution in [3.05, 3.63) is 198 Å². The Morgan fingerprint density at radius 2 is 1.27 bits per heavy atom. The van der Waals surface area contributed by atoms with E-state index in [0.29, 0.717) is 31.9 Å². The number of hydrogen-bond acceptors (Lipinski definition) is 14. The minimum Gasteiger partial charge on any atom is -0.483 e. The molecule has 6 unspecified atom stereocenters. The second kappa shape index (κ2) is 36.1. The van der Waals surface area contributed by atoms with Crippen LogP contribution in [0.1, 0.15) is 118 Å². The van der Waals surface area contributed by atoms with Gasteiger partial charge in [-0.2, -0.15) is 0 Å². The van der Waals surface area contributed by atoms with E-state index in [-0.39, 0.29) is 125 Å². The van der Waals surface area contributed by atoms with Crippen molar-refractivity contribution < 1.29 is 65.6 Å². The first kappa shape index (κ1) is 76.8. The summed E-state index contributed by atoms with van der Waals surface area (Å²) < 4.78 is 77.5. The topological polar surface area (TPSA) is 230 Å². The highest BCUT2D eigenvalue weighted by atomic mass is 33.2. The number of amides is 1. The maximum Gasteiger partial charge on any atom is 0.378 e. The molecule has 0 saturated heterocycles. The van der Waals surface area contributed by atoms with Gasteiger partial charge in [-0.3, -0.25) is 24.0 Å². The number of rotatable bonds is 24. The second-order valence-corrected chi connectivity index (χ2v) is 52.2. The van der Waals surface area contributed by atoms with Crippen molar-refractivity contribution >= 4 is 97.0 Å². The Hall–Kier alpha value is -3.91. The number of fused-ring (bicyclic) bond motifs is 2. The minimum atomic E-state index is -0.903. The zero-order valence-corrected chi connectivity index (χ0v) is 59.0. The average Bonchev–Trinajstić information content (AvgIpc) is 1.51. The number of benzene rings is 4. The van der Waals surface area contributed by atoms with Crippen LogP contribution < -0.4 is 31.4 Å². The Kier molecular flexibility index (Phi) is 30.8. The second-order valence-electron chi connectivity index (χ2n) is 21.5. The number of carbonyl (C=O) groups is 4. The number of nitrogens with zero attached hydrogens (tertiary/aromatic N) is 2. The lowest BCUT2D eigenvalue weighted by Gasteiger charge is -2.36. The summed E-state index contributed by atoms with van der Waals surface area (Å²) in [5, 5.41) is 21.9. The number of aliphatic hydroxyl groups excluding tert-OH is 2. The van der Waals surface area contributed by atoms with E-state index in [4.69, 9.17) is 29.5 Å². The number of nitrogens with one attached hydrogen (secondary N) is 1. The molecule has 2 aliphatic carbocycles. The molecule has 1 aliphatic heterocycles. The van der Waals surface area contributed by atoms with Gasteiger partial charge < -0.3 is 49.4 Å². The quantitative estimate of drug-likeness (QED) is 0.0191. The summed E-state index contributed by atoms with van der Waals surface area (Å²) >= 11 is 0. The molecule has 1 spiro atoms. The molecule has 1 amide bonds. The molecule has 10 atom stereocenters. The predicted molar refractivity (Wildman–Crippen MR) is 371 cm³/mol. The number of hydrogen-bond donors (Lipinski definition) is 4. The van der Waals surface area contributed by atoms with Gasteiger partial charge in [0, 0.05) is 87.9 Å². The summed E-state index contributed by atoms with van der Waals surface area (Å²) in [4.78, 5) is 79.3. The van der Waals surface area contributed by atoms with Crippen LogP contribution in [-0.4, -0.2) is 94.7 Å². The number of halogens is 4. The molecule has 29 heteroatoms. The smallest absolute Gasteiger partial charge is 0.378 e. The van der Waals surface area contributed by atoms with Crippen LogP contribution in [0.3, 0.4) is 0 Å². The molecule has 0 radical (unpaired) electrons. The number of aryl methyl sites for hydroxylation is 2. The molecule has 3 aliphatic rings. The van der Waals surface area contributed by atoms with Crippen LogP contribution in [0.5, 0.6) is 11.5 Å². The average molecular weight is 1420 g/mol. The molecule has 9 rings (SSSR count). The van der Waals surface area contributed by atoms with E-state index < -0.39 is 74.6 Å². The van der Waals surface area contributed by atoms with E-state index in [9.17, 15) is 51.4 Å². The number of ether oxygens (including phenoxy) is 3. The molecule has 5 N–H and O–H groups in total. The van der Waals surface area contributed by atoms with Crippen LogP contribution in [0.15, 0.2) is 124 Å². The first-order valence-electron chi connectivity index (χ1n) is 28.1. The van der Waals surface area contributed by atoms with Crippen LogP contribution in [0.4, 0.5) is 17.6 Å². The summed E-state index contributed by atoms with van der Waals surface area (Å²) in [6.07, 6.45) is 3.28. The standard InChI is InChI=1S/C28H26F2N2O5.C24H20F2O6.C8H18N2O.CH4.H11P9/c1-31-16-28(12-19(28)14-33)32-13-21(23(34)10-8-18-7-9-20(29)11-22(18)30)25(35)26(24(32)27(31)36)37-15-17-5-3-2-4-6-17;1-2-30-24(29)23-22(31-13-15-6-4-3-5-7-15)21(28)18(14-32-23)20(27)11-9-16-8-10-17(25)12-19(16)26;1-6(2)10-5-8(9)3-7(8)4-11;;1-6-9(7(2)3)8(4)5/h2-7,9,11,13,19,33H,8,10,12,14-16H2,1H3;3-8,10,12,14H,2,9,11,13H2,1H3;6-7,10-11H,3-5,9H2,1-2H3;1H4;6H,1-5H2/t19-,28-;;7-,8-;;/m0.0../s1. The van der Waals surface area contributed by atoms with Crippen LogP contribution in [0.2, 0.25) is 0 Å². The first-order valence-corrected chi connectivity index (χ1v) is 43.6. The van der Waals surface area contributed by atoms with Crippen molar-refractivity contribution in [3.63, 3.8) is 0 Å². The van der Waals surface area contributed by atoms with Gasteiger partial charge in [0.05, 0.1) is 17.7 Å². The number of aliphatic hydroxyl groups is 2. The summed E-state index contributed by atoms with van der Waals surface area (Å²) in [5.74, 6) is -6.43. The molecule has 2 saturated carbocycles. The maximum atomic E-state index is 14.1. The van der Waals surface area contributed by atoms with Crippen molar-refractivity contribution in [1.82, 2.24) is 14.8 Å². The lowest BCUT2D eigenvalue weighted by molar-refractivity contribution is 0.0476. The Morgan fingerprint density at radius 1 is 0.767 bits per heavy atom. The van der Waals surface area contributed by atoms with Gasteiger partial charge in [-0.15, -0.1) is 44.6 Å². The molecule has 6 aromatic rings. The number of likely N-dealkylation sites (N-methyl/N-ethyl adjacent to an activating group) is 1. The molecule has 16 nitrogen and oxygen atoms in total. The van der Waals surface area contributed by atoms with Gasteiger partial charge in [-0.25, -0.2) is 22.4 Å². The Bertz CT molecular complexity index is 3540. The van der Waals surface area contributed by atoms with Crippen molar-refractivity contribution in [3.8, 4) is 11.5 Å². The van der Waals surface area contributed by atoms with Gasteiger partial charge in [-0.05, 0) is 88.0 Å². The SMILES string of the molecule is C.CC(C)NC[C@@]1(N)C[C@H]1CO.CCOC(=O)c1occ(C(=O)CCc2ccc(F)cc2F)c(=O)c1OCc1ccccc1.CN1C[C@]2(C[C@H]2CO)n2cc(C(=O)CCc3ccc(F)cc3F)c(=O)c(OCc3ccccc3)c2C1=O.PPP(P(P)P)P(P)P. The predicted octanol–water partition coefficient (Wildman–Crippen LogP) is 12.9. The normalized spacial score (nSPS) is 17.8. The highest BCUT2D eigenvalue weighted by molar-refractivity contribution is 9.10. The van der Waals surface area contributed by atoms with Gasteiger partial charge in [0.25, 0.3) is 11.7 Å².